The molecule has 0 unspecified atom stereocenters. The van der Waals surface area contributed by atoms with Crippen molar-refractivity contribution in [1.29, 1.82) is 0 Å². The zero-order chi connectivity index (χ0) is 12.5. The van der Waals surface area contributed by atoms with E-state index in [2.05, 4.69) is 9.97 Å². The van der Waals surface area contributed by atoms with Crippen molar-refractivity contribution < 1.29 is 9.90 Å². The first-order chi connectivity index (χ1) is 8.75. The third kappa shape index (κ3) is 1.74. The van der Waals surface area contributed by atoms with Gasteiger partial charge in [-0.2, -0.15) is 0 Å². The first-order valence-corrected chi connectivity index (χ1v) is 6.15. The number of aromatic carboxylic acids is 1. The average Bonchev–Trinajstić information content (AvgIpc) is 2.91. The molecule has 5 heteroatoms. The highest BCUT2D eigenvalue weighted by Gasteiger charge is 2.12. The van der Waals surface area contributed by atoms with Crippen molar-refractivity contribution in [3.05, 3.63) is 47.6 Å². The summed E-state index contributed by atoms with van der Waals surface area (Å²) in [4.78, 5) is 20.6. The van der Waals surface area contributed by atoms with Crippen LogP contribution in [0.25, 0.3) is 21.5 Å². The molecule has 0 fully saturated rings. The molecule has 0 saturated heterocycles. The fourth-order valence-corrected chi connectivity index (χ4v) is 2.40. The van der Waals surface area contributed by atoms with Crippen LogP contribution in [0.15, 0.2) is 42.0 Å². The average molecular weight is 256 g/mol. The number of rotatable bonds is 2. The maximum Gasteiger partial charge on any atom is 0.336 e. The lowest BCUT2D eigenvalue weighted by molar-refractivity contribution is 0.0699. The number of thiazole rings is 1. The molecule has 0 aliphatic carbocycles. The summed E-state index contributed by atoms with van der Waals surface area (Å²) in [5.74, 6) is -0.945. The number of carboxylic acids is 1. The van der Waals surface area contributed by atoms with Gasteiger partial charge in [-0.3, -0.25) is 4.98 Å². The van der Waals surface area contributed by atoms with E-state index in [-0.39, 0.29) is 5.56 Å². The normalized spacial score (nSPS) is 10.7. The molecule has 88 valence electrons. The van der Waals surface area contributed by atoms with Crippen molar-refractivity contribution in [3.63, 3.8) is 0 Å². The molecule has 0 aliphatic rings. The van der Waals surface area contributed by atoms with Gasteiger partial charge in [0.2, 0.25) is 0 Å². The van der Waals surface area contributed by atoms with Crippen LogP contribution in [0.5, 0.6) is 0 Å². The van der Waals surface area contributed by atoms with E-state index in [1.54, 1.807) is 23.8 Å². The third-order valence-electron chi connectivity index (χ3n) is 2.63. The number of fused-ring (bicyclic) bond motifs is 1. The molecule has 0 radical (unpaired) electrons. The van der Waals surface area contributed by atoms with Gasteiger partial charge in [0.25, 0.3) is 0 Å². The van der Waals surface area contributed by atoms with Gasteiger partial charge in [-0.1, -0.05) is 18.2 Å². The highest BCUT2D eigenvalue weighted by atomic mass is 32.1. The van der Waals surface area contributed by atoms with E-state index in [9.17, 15) is 9.90 Å². The smallest absolute Gasteiger partial charge is 0.336 e. The van der Waals surface area contributed by atoms with Crippen LogP contribution >= 0.6 is 11.3 Å². The van der Waals surface area contributed by atoms with Gasteiger partial charge in [0, 0.05) is 11.6 Å². The molecular weight excluding hydrogens is 248 g/mol. The third-order valence-corrected chi connectivity index (χ3v) is 3.43. The number of carboxylic acid groups (broad SMARTS) is 1. The summed E-state index contributed by atoms with van der Waals surface area (Å²) < 4.78 is 0. The van der Waals surface area contributed by atoms with Crippen LogP contribution in [0.4, 0.5) is 0 Å². The molecule has 0 atom stereocenters. The van der Waals surface area contributed by atoms with Gasteiger partial charge in [0.15, 0.2) is 0 Å². The molecule has 4 nitrogen and oxygen atoms in total. The molecule has 3 rings (SSSR count). The number of para-hydroxylation sites is 1. The van der Waals surface area contributed by atoms with Gasteiger partial charge in [-0.05, 0) is 12.1 Å². The molecular formula is C13H8N2O2S. The molecule has 0 spiro atoms. The molecule has 18 heavy (non-hydrogen) atoms. The Hall–Kier alpha value is -2.27. The van der Waals surface area contributed by atoms with E-state index in [4.69, 9.17) is 0 Å². The Kier molecular flexibility index (Phi) is 2.53. The van der Waals surface area contributed by atoms with Gasteiger partial charge in [0.05, 0.1) is 27.2 Å². The van der Waals surface area contributed by atoms with Crippen molar-refractivity contribution in [3.8, 4) is 10.6 Å². The molecule has 0 bridgehead atoms. The Labute approximate surface area is 107 Å². The van der Waals surface area contributed by atoms with E-state index in [0.29, 0.717) is 16.6 Å². The van der Waals surface area contributed by atoms with Crippen LogP contribution in [0.1, 0.15) is 10.4 Å². The Bertz CT molecular complexity index is 723. The molecule has 0 saturated carbocycles. The maximum absolute atomic E-state index is 11.3. The van der Waals surface area contributed by atoms with Gasteiger partial charge >= 0.3 is 5.97 Å². The molecule has 1 N–H and O–H groups in total. The highest BCUT2D eigenvalue weighted by molar-refractivity contribution is 7.13. The summed E-state index contributed by atoms with van der Waals surface area (Å²) in [6.45, 7) is 0. The summed E-state index contributed by atoms with van der Waals surface area (Å²) in [6, 6.07) is 8.83. The lowest BCUT2D eigenvalue weighted by Crippen LogP contribution is -1.99. The number of aromatic nitrogens is 2. The maximum atomic E-state index is 11.3. The second-order valence-electron chi connectivity index (χ2n) is 3.74. The molecule has 3 aromatic rings. The molecule has 2 aromatic heterocycles. The summed E-state index contributed by atoms with van der Waals surface area (Å²) in [7, 11) is 0. The first-order valence-electron chi connectivity index (χ1n) is 5.27. The lowest BCUT2D eigenvalue weighted by Gasteiger charge is -2.04. The Morgan fingerprint density at radius 2 is 2.11 bits per heavy atom. The summed E-state index contributed by atoms with van der Waals surface area (Å²) in [6.07, 6.45) is 1.69. The fourth-order valence-electron chi connectivity index (χ4n) is 1.82. The van der Waals surface area contributed by atoms with Gasteiger partial charge in [-0.25, -0.2) is 9.78 Å². The zero-order valence-corrected chi connectivity index (χ0v) is 10.0. The van der Waals surface area contributed by atoms with Crippen LogP contribution in [0.3, 0.4) is 0 Å². The second kappa shape index (κ2) is 4.19. The topological polar surface area (TPSA) is 63.1 Å². The monoisotopic (exact) mass is 256 g/mol. The zero-order valence-electron chi connectivity index (χ0n) is 9.20. The Balaban J connectivity index is 2.33. The number of pyridine rings is 1. The van der Waals surface area contributed by atoms with Crippen molar-refractivity contribution in [2.24, 2.45) is 0 Å². The number of hydrogen-bond acceptors (Lipinski definition) is 4. The largest absolute Gasteiger partial charge is 0.478 e. The van der Waals surface area contributed by atoms with E-state index in [1.807, 2.05) is 18.2 Å². The number of benzene rings is 1. The first kappa shape index (κ1) is 10.9. The summed E-state index contributed by atoms with van der Waals surface area (Å²) >= 11 is 1.44. The molecule has 0 aliphatic heterocycles. The highest BCUT2D eigenvalue weighted by Crippen LogP contribution is 2.26. The van der Waals surface area contributed by atoms with Crippen LogP contribution in [-0.4, -0.2) is 21.0 Å². The minimum Gasteiger partial charge on any atom is -0.478 e. The molecule has 1 aromatic carbocycles. The van der Waals surface area contributed by atoms with Crippen LogP contribution in [-0.2, 0) is 0 Å². The minimum absolute atomic E-state index is 0.268. The summed E-state index contributed by atoms with van der Waals surface area (Å²) in [5.41, 5.74) is 3.30. The van der Waals surface area contributed by atoms with E-state index in [0.717, 1.165) is 4.88 Å². The van der Waals surface area contributed by atoms with Gasteiger partial charge < -0.3 is 5.11 Å². The predicted molar refractivity (Wildman–Crippen MR) is 69.8 cm³/mol. The van der Waals surface area contributed by atoms with Crippen LogP contribution < -0.4 is 0 Å². The Morgan fingerprint density at radius 1 is 1.28 bits per heavy atom. The van der Waals surface area contributed by atoms with E-state index < -0.39 is 5.97 Å². The second-order valence-corrected chi connectivity index (χ2v) is 4.63. The van der Waals surface area contributed by atoms with Crippen molar-refractivity contribution in [2.75, 3.05) is 0 Å². The summed E-state index contributed by atoms with van der Waals surface area (Å²) in [5, 5.41) is 9.92. The minimum atomic E-state index is -0.945. The van der Waals surface area contributed by atoms with Gasteiger partial charge in [-0.15, -0.1) is 11.3 Å². The number of carbonyl (C=O) groups is 1. The van der Waals surface area contributed by atoms with Crippen molar-refractivity contribution in [2.45, 2.75) is 0 Å². The molecule has 0 amide bonds. The fraction of sp³-hybridized carbons (Fsp3) is 0. The quantitative estimate of drug-likeness (QED) is 0.765. The van der Waals surface area contributed by atoms with Crippen molar-refractivity contribution in [1.82, 2.24) is 9.97 Å². The van der Waals surface area contributed by atoms with E-state index >= 15 is 0 Å². The standard InChI is InChI=1S/C13H8N2O2S/c16-13(17)9-5-11(12-6-14-7-18-12)15-10-4-2-1-3-8(9)10/h1-7H,(H,16,17). The Morgan fingerprint density at radius 3 is 2.83 bits per heavy atom. The molecule has 2 heterocycles. The van der Waals surface area contributed by atoms with Gasteiger partial charge in [0.1, 0.15) is 0 Å². The van der Waals surface area contributed by atoms with Crippen LogP contribution in [0, 0.1) is 0 Å². The number of nitrogens with zero attached hydrogens (tertiary/aromatic N) is 2. The van der Waals surface area contributed by atoms with Crippen molar-refractivity contribution >= 4 is 28.2 Å². The van der Waals surface area contributed by atoms with E-state index in [1.165, 1.54) is 11.3 Å². The SMILES string of the molecule is O=C(O)c1cc(-c2cncs2)nc2ccccc12. The predicted octanol–water partition coefficient (Wildman–Crippen LogP) is 3.06. The number of hydrogen-bond donors (Lipinski definition) is 1. The van der Waals surface area contributed by atoms with Crippen LogP contribution in [0.2, 0.25) is 0 Å². The lowest BCUT2D eigenvalue weighted by atomic mass is 10.1.